The lowest BCUT2D eigenvalue weighted by molar-refractivity contribution is -0.147. The molecule has 2 N–H and O–H groups in total. The van der Waals surface area contributed by atoms with Crippen molar-refractivity contribution in [3.8, 4) is 0 Å². The van der Waals surface area contributed by atoms with Gasteiger partial charge in [-0.3, -0.25) is 14.4 Å². The van der Waals surface area contributed by atoms with Crippen LogP contribution in [0.5, 0.6) is 0 Å². The van der Waals surface area contributed by atoms with E-state index in [0.717, 1.165) is 44.9 Å². The summed E-state index contributed by atoms with van der Waals surface area (Å²) < 4.78 is 5.38. The molecule has 202 valence electrons. The molecule has 0 spiro atoms. The molecule has 2 amide bonds. The van der Waals surface area contributed by atoms with Gasteiger partial charge in [0.1, 0.15) is 6.04 Å². The Balaban J connectivity index is 2.26. The highest BCUT2D eigenvalue weighted by Gasteiger charge is 2.34. The fourth-order valence-corrected chi connectivity index (χ4v) is 4.63. The SMILES string of the molecule is CCCCCCCCCCCCOC(=O)CC1C(=O)NCCN1C(=S)NC(=O)CCCCCCC. The molecule has 7 nitrogen and oxygen atoms in total. The van der Waals surface area contributed by atoms with Gasteiger partial charge in [0.2, 0.25) is 11.8 Å². The third-order valence-corrected chi connectivity index (χ3v) is 6.80. The first-order chi connectivity index (χ1) is 17.0. The second kappa shape index (κ2) is 20.5. The van der Waals surface area contributed by atoms with Crippen LogP contribution >= 0.6 is 12.2 Å². The van der Waals surface area contributed by atoms with Crippen LogP contribution in [0.15, 0.2) is 0 Å². The molecule has 1 heterocycles. The Morgan fingerprint density at radius 2 is 1.46 bits per heavy atom. The molecule has 0 radical (unpaired) electrons. The van der Waals surface area contributed by atoms with Gasteiger partial charge in [-0.1, -0.05) is 97.3 Å². The predicted molar refractivity (Wildman–Crippen MR) is 145 cm³/mol. The normalized spacial score (nSPS) is 15.5. The van der Waals surface area contributed by atoms with Crippen molar-refractivity contribution in [3.05, 3.63) is 0 Å². The summed E-state index contributed by atoms with van der Waals surface area (Å²) in [5.41, 5.74) is 0. The van der Waals surface area contributed by atoms with E-state index in [2.05, 4.69) is 24.5 Å². The minimum Gasteiger partial charge on any atom is -0.466 e. The van der Waals surface area contributed by atoms with Gasteiger partial charge < -0.3 is 20.3 Å². The first-order valence-corrected chi connectivity index (χ1v) is 14.4. The van der Waals surface area contributed by atoms with Crippen molar-refractivity contribution in [2.45, 2.75) is 129 Å². The van der Waals surface area contributed by atoms with Crippen molar-refractivity contribution in [2.75, 3.05) is 19.7 Å². The van der Waals surface area contributed by atoms with Crippen molar-refractivity contribution in [1.82, 2.24) is 15.5 Å². The lowest BCUT2D eigenvalue weighted by Crippen LogP contribution is -2.60. The van der Waals surface area contributed by atoms with Crippen molar-refractivity contribution < 1.29 is 19.1 Å². The molecule has 35 heavy (non-hydrogen) atoms. The largest absolute Gasteiger partial charge is 0.466 e. The molecule has 1 aliphatic rings. The molecule has 8 heteroatoms. The zero-order valence-corrected chi connectivity index (χ0v) is 23.0. The van der Waals surface area contributed by atoms with Crippen molar-refractivity contribution >= 4 is 35.1 Å². The molecule has 1 saturated heterocycles. The summed E-state index contributed by atoms with van der Waals surface area (Å²) in [6.07, 6.45) is 17.8. The highest BCUT2D eigenvalue weighted by Crippen LogP contribution is 2.13. The Morgan fingerprint density at radius 1 is 0.914 bits per heavy atom. The van der Waals surface area contributed by atoms with E-state index in [0.29, 0.717) is 26.1 Å². The van der Waals surface area contributed by atoms with Gasteiger partial charge in [0, 0.05) is 19.5 Å². The van der Waals surface area contributed by atoms with Gasteiger partial charge in [-0.2, -0.15) is 0 Å². The number of nitrogens with zero attached hydrogens (tertiary/aromatic N) is 1. The van der Waals surface area contributed by atoms with Gasteiger partial charge in [0.15, 0.2) is 5.11 Å². The molecule has 1 fully saturated rings. The fraction of sp³-hybridized carbons (Fsp3) is 0.852. The first-order valence-electron chi connectivity index (χ1n) is 14.0. The van der Waals surface area contributed by atoms with Crippen molar-refractivity contribution in [3.63, 3.8) is 0 Å². The van der Waals surface area contributed by atoms with Crippen LogP contribution in [-0.2, 0) is 19.1 Å². The molecule has 0 aromatic rings. The number of hydrogen-bond acceptors (Lipinski definition) is 5. The smallest absolute Gasteiger partial charge is 0.308 e. The van der Waals surface area contributed by atoms with E-state index in [1.165, 1.54) is 51.4 Å². The van der Waals surface area contributed by atoms with E-state index in [4.69, 9.17) is 17.0 Å². The van der Waals surface area contributed by atoms with Crippen molar-refractivity contribution in [2.24, 2.45) is 0 Å². The Labute approximate surface area is 218 Å². The summed E-state index contributed by atoms with van der Waals surface area (Å²) in [5, 5.41) is 5.74. The third-order valence-electron chi connectivity index (χ3n) is 6.47. The minimum absolute atomic E-state index is 0.0728. The maximum Gasteiger partial charge on any atom is 0.308 e. The number of ether oxygens (including phenoxy) is 1. The third kappa shape index (κ3) is 15.1. The second-order valence-corrected chi connectivity index (χ2v) is 10.0. The van der Waals surface area contributed by atoms with E-state index < -0.39 is 12.0 Å². The minimum atomic E-state index is -0.749. The Bertz CT molecular complexity index is 630. The first kappa shape index (κ1) is 31.3. The maximum absolute atomic E-state index is 12.4. The average molecular weight is 512 g/mol. The molecule has 1 atom stereocenters. The monoisotopic (exact) mass is 511 g/mol. The van der Waals surface area contributed by atoms with Gasteiger partial charge in [0.05, 0.1) is 13.0 Å². The number of amides is 2. The zero-order chi connectivity index (χ0) is 25.7. The van der Waals surface area contributed by atoms with E-state index in [-0.39, 0.29) is 23.3 Å². The number of piperazine rings is 1. The molecular weight excluding hydrogens is 462 g/mol. The Kier molecular flexibility index (Phi) is 18.3. The summed E-state index contributed by atoms with van der Waals surface area (Å²) in [7, 11) is 0. The zero-order valence-electron chi connectivity index (χ0n) is 22.2. The second-order valence-electron chi connectivity index (χ2n) is 9.62. The quantitative estimate of drug-likeness (QED) is 0.137. The van der Waals surface area contributed by atoms with Crippen LogP contribution in [0.4, 0.5) is 0 Å². The van der Waals surface area contributed by atoms with Gasteiger partial charge in [0.25, 0.3) is 0 Å². The highest BCUT2D eigenvalue weighted by atomic mass is 32.1. The van der Waals surface area contributed by atoms with Crippen LogP contribution in [0, 0.1) is 0 Å². The molecule has 0 bridgehead atoms. The summed E-state index contributed by atoms with van der Waals surface area (Å²) in [6, 6.07) is -0.749. The molecule has 1 rings (SSSR count). The van der Waals surface area contributed by atoms with E-state index >= 15 is 0 Å². The molecule has 0 aromatic heterocycles. The molecular formula is C27H49N3O4S. The van der Waals surface area contributed by atoms with Crippen LogP contribution in [0.25, 0.3) is 0 Å². The number of nitrogens with one attached hydrogen (secondary N) is 2. The van der Waals surface area contributed by atoms with Gasteiger partial charge in [-0.25, -0.2) is 0 Å². The standard InChI is InChI=1S/C27H49N3O4S/c1-3-5-7-9-10-11-12-13-15-17-21-34-25(32)22-23-26(33)28-19-20-30(23)27(35)29-24(31)18-16-14-8-6-4-2/h23H,3-22H2,1-2H3,(H,28,33)(H,29,31,35). The van der Waals surface area contributed by atoms with Crippen LogP contribution < -0.4 is 10.6 Å². The van der Waals surface area contributed by atoms with E-state index in [1.54, 1.807) is 4.90 Å². The number of carbonyl (C=O) groups is 3. The lowest BCUT2D eigenvalue weighted by Gasteiger charge is -2.36. The lowest BCUT2D eigenvalue weighted by atomic mass is 10.1. The topological polar surface area (TPSA) is 87.7 Å². The Hall–Kier alpha value is -1.70. The van der Waals surface area contributed by atoms with Crippen LogP contribution in [0.3, 0.4) is 0 Å². The van der Waals surface area contributed by atoms with Gasteiger partial charge >= 0.3 is 5.97 Å². The molecule has 0 saturated carbocycles. The van der Waals surface area contributed by atoms with Gasteiger partial charge in [-0.05, 0) is 25.1 Å². The van der Waals surface area contributed by atoms with Gasteiger partial charge in [-0.15, -0.1) is 0 Å². The maximum atomic E-state index is 12.4. The molecule has 0 aliphatic carbocycles. The Morgan fingerprint density at radius 3 is 2.06 bits per heavy atom. The number of rotatable bonds is 19. The number of carbonyl (C=O) groups excluding carboxylic acids is 3. The van der Waals surface area contributed by atoms with Crippen LogP contribution in [0.2, 0.25) is 0 Å². The molecule has 1 aliphatic heterocycles. The fourth-order valence-electron chi connectivity index (χ4n) is 4.30. The van der Waals surface area contributed by atoms with Crippen LogP contribution in [-0.4, -0.2) is 53.5 Å². The van der Waals surface area contributed by atoms with Crippen molar-refractivity contribution in [1.29, 1.82) is 0 Å². The number of hydrogen-bond donors (Lipinski definition) is 2. The molecule has 0 aromatic carbocycles. The summed E-state index contributed by atoms with van der Waals surface area (Å²) in [4.78, 5) is 38.7. The highest BCUT2D eigenvalue weighted by molar-refractivity contribution is 7.80. The summed E-state index contributed by atoms with van der Waals surface area (Å²) in [6.45, 7) is 5.65. The summed E-state index contributed by atoms with van der Waals surface area (Å²) >= 11 is 5.40. The van der Waals surface area contributed by atoms with E-state index in [9.17, 15) is 14.4 Å². The molecule has 1 unspecified atom stereocenters. The average Bonchev–Trinajstić information content (AvgIpc) is 2.83. The number of unbranched alkanes of at least 4 members (excludes halogenated alkanes) is 13. The number of esters is 1. The van der Waals surface area contributed by atoms with Crippen LogP contribution in [0.1, 0.15) is 123 Å². The summed E-state index contributed by atoms with van der Waals surface area (Å²) in [5.74, 6) is -0.805. The predicted octanol–water partition coefficient (Wildman–Crippen LogP) is 5.40. The number of thiocarbonyl (C=S) groups is 1. The van der Waals surface area contributed by atoms with E-state index in [1.807, 2.05) is 0 Å².